The summed E-state index contributed by atoms with van der Waals surface area (Å²) in [7, 11) is -3.84. The molecule has 154 valence electrons. The molecule has 4 aromatic rings. The highest BCUT2D eigenvalue weighted by molar-refractivity contribution is 7.90. The average Bonchev–Trinajstić information content (AvgIpc) is 3.11. The lowest BCUT2D eigenvalue weighted by atomic mass is 9.95. The molecule has 2 aromatic heterocycles. The molecule has 0 atom stereocenters. The van der Waals surface area contributed by atoms with E-state index in [1.165, 1.54) is 3.97 Å². The molecule has 2 N–H and O–H groups in total. The number of fused-ring (bicyclic) bond motifs is 1. The summed E-state index contributed by atoms with van der Waals surface area (Å²) in [5, 5.41) is 0.787. The van der Waals surface area contributed by atoms with Crippen LogP contribution in [0.2, 0.25) is 0 Å². The predicted octanol–water partition coefficient (Wildman–Crippen LogP) is 4.46. The van der Waals surface area contributed by atoms with Crippen LogP contribution >= 0.6 is 0 Å². The van der Waals surface area contributed by atoms with E-state index >= 15 is 0 Å². The van der Waals surface area contributed by atoms with Gasteiger partial charge >= 0.3 is 0 Å². The minimum Gasteiger partial charge on any atom is -0.368 e. The molecule has 0 spiro atoms. The maximum absolute atomic E-state index is 13.9. The fraction of sp³-hybridized carbons (Fsp3) is 0.217. The molecule has 0 bridgehead atoms. The summed E-state index contributed by atoms with van der Waals surface area (Å²) in [6.45, 7) is 9.72. The Labute approximate surface area is 176 Å². The Morgan fingerprint density at radius 3 is 2.10 bits per heavy atom. The van der Waals surface area contributed by atoms with Crippen LogP contribution in [0.4, 0.5) is 5.95 Å². The van der Waals surface area contributed by atoms with E-state index in [9.17, 15) is 8.42 Å². The van der Waals surface area contributed by atoms with Gasteiger partial charge in [-0.25, -0.2) is 22.4 Å². The van der Waals surface area contributed by atoms with Crippen LogP contribution in [-0.2, 0) is 10.0 Å². The molecule has 6 nitrogen and oxygen atoms in total. The van der Waals surface area contributed by atoms with Crippen molar-refractivity contribution in [2.24, 2.45) is 0 Å². The largest absolute Gasteiger partial charge is 0.368 e. The number of hydrogen-bond donors (Lipinski definition) is 1. The van der Waals surface area contributed by atoms with Crippen molar-refractivity contribution in [3.05, 3.63) is 70.5 Å². The predicted molar refractivity (Wildman–Crippen MR) is 120 cm³/mol. The molecule has 0 unspecified atom stereocenters. The number of nitrogens with zero attached hydrogens (tertiary/aromatic N) is 3. The van der Waals surface area contributed by atoms with Crippen molar-refractivity contribution in [3.8, 4) is 11.3 Å². The Balaban J connectivity index is 2.07. The van der Waals surface area contributed by atoms with Crippen molar-refractivity contribution >= 4 is 26.9 Å². The third kappa shape index (κ3) is 2.89. The molecule has 2 aromatic carbocycles. The molecule has 0 fully saturated rings. The molecular weight excluding hydrogens is 396 g/mol. The third-order valence-corrected chi connectivity index (χ3v) is 8.02. The highest BCUT2D eigenvalue weighted by atomic mass is 32.2. The number of rotatable bonds is 3. The first-order valence-electron chi connectivity index (χ1n) is 9.66. The number of aromatic nitrogens is 3. The zero-order valence-corrected chi connectivity index (χ0v) is 18.5. The van der Waals surface area contributed by atoms with Crippen LogP contribution in [0.25, 0.3) is 22.2 Å². The first-order chi connectivity index (χ1) is 14.1. The molecule has 4 rings (SSSR count). The summed E-state index contributed by atoms with van der Waals surface area (Å²) >= 11 is 0. The fourth-order valence-electron chi connectivity index (χ4n) is 4.03. The molecule has 0 amide bonds. The van der Waals surface area contributed by atoms with Gasteiger partial charge in [0, 0.05) is 23.3 Å². The average molecular weight is 421 g/mol. The highest BCUT2D eigenvalue weighted by Gasteiger charge is 2.27. The molecule has 0 saturated carbocycles. The van der Waals surface area contributed by atoms with E-state index in [1.807, 2.05) is 52.8 Å². The minimum absolute atomic E-state index is 0.142. The van der Waals surface area contributed by atoms with Gasteiger partial charge in [-0.2, -0.15) is 0 Å². The number of hydrogen-bond acceptors (Lipinski definition) is 5. The van der Waals surface area contributed by atoms with Crippen molar-refractivity contribution in [2.45, 2.75) is 39.5 Å². The second-order valence-corrected chi connectivity index (χ2v) is 9.37. The smallest absolute Gasteiger partial charge is 0.268 e. The molecular formula is C23H24N4O2S. The fourth-order valence-corrected chi connectivity index (χ4v) is 5.97. The maximum atomic E-state index is 13.9. The zero-order valence-electron chi connectivity index (χ0n) is 17.7. The van der Waals surface area contributed by atoms with Crippen LogP contribution in [0.5, 0.6) is 0 Å². The number of nitrogens with two attached hydrogens (primary N) is 1. The number of nitrogen functional groups attached to an aromatic ring is 1. The van der Waals surface area contributed by atoms with Crippen molar-refractivity contribution in [1.82, 2.24) is 13.9 Å². The maximum Gasteiger partial charge on any atom is 0.268 e. The quantitative estimate of drug-likeness (QED) is 0.528. The standard InChI is InChI=1S/C23H24N4O2S/c1-13-14(2)16(4)22(17(5)15(13)3)30(28,29)27-12-19(18-8-6-7-9-21(18)27)20-10-11-25-23(24)26-20/h6-12H,1-5H3,(H2,24,25,26). The second kappa shape index (κ2) is 6.95. The third-order valence-electron chi connectivity index (χ3n) is 6.08. The lowest BCUT2D eigenvalue weighted by molar-refractivity contribution is 0.587. The van der Waals surface area contributed by atoms with E-state index in [0.717, 1.165) is 33.2 Å². The number of anilines is 1. The van der Waals surface area contributed by atoms with E-state index in [4.69, 9.17) is 5.73 Å². The number of benzene rings is 2. The van der Waals surface area contributed by atoms with E-state index < -0.39 is 10.0 Å². The molecule has 7 heteroatoms. The molecule has 0 aliphatic rings. The minimum atomic E-state index is -3.84. The topological polar surface area (TPSA) is 90.9 Å². The van der Waals surface area contributed by atoms with Gasteiger partial charge in [0.15, 0.2) is 0 Å². The van der Waals surface area contributed by atoms with Crippen molar-refractivity contribution in [1.29, 1.82) is 0 Å². The Morgan fingerprint density at radius 2 is 1.47 bits per heavy atom. The monoisotopic (exact) mass is 420 g/mol. The SMILES string of the molecule is Cc1c(C)c(C)c(S(=O)(=O)n2cc(-c3ccnc(N)n3)c3ccccc32)c(C)c1C. The summed E-state index contributed by atoms with van der Waals surface area (Å²) < 4.78 is 29.2. The van der Waals surface area contributed by atoms with Crippen LogP contribution < -0.4 is 5.73 Å². The van der Waals surface area contributed by atoms with Gasteiger partial charge in [0.1, 0.15) is 0 Å². The Morgan fingerprint density at radius 1 is 0.867 bits per heavy atom. The first kappa shape index (κ1) is 20.1. The first-order valence-corrected chi connectivity index (χ1v) is 11.1. The van der Waals surface area contributed by atoms with Gasteiger partial charge in [0.05, 0.1) is 16.1 Å². The molecule has 30 heavy (non-hydrogen) atoms. The Kier molecular flexibility index (Phi) is 4.66. The summed E-state index contributed by atoms with van der Waals surface area (Å²) in [6.07, 6.45) is 3.20. The van der Waals surface area contributed by atoms with Crippen LogP contribution in [-0.4, -0.2) is 22.4 Å². The van der Waals surface area contributed by atoms with Crippen LogP contribution in [0, 0.1) is 34.6 Å². The summed E-state index contributed by atoms with van der Waals surface area (Å²) in [4.78, 5) is 8.60. The van der Waals surface area contributed by atoms with Crippen LogP contribution in [0.15, 0.2) is 47.6 Å². The van der Waals surface area contributed by atoms with Crippen LogP contribution in [0.3, 0.4) is 0 Å². The molecule has 0 aliphatic heterocycles. The van der Waals surface area contributed by atoms with E-state index in [1.54, 1.807) is 24.5 Å². The van der Waals surface area contributed by atoms with Crippen molar-refractivity contribution in [3.63, 3.8) is 0 Å². The van der Waals surface area contributed by atoms with Gasteiger partial charge in [0.25, 0.3) is 10.0 Å². The van der Waals surface area contributed by atoms with Crippen molar-refractivity contribution in [2.75, 3.05) is 5.73 Å². The number of para-hydroxylation sites is 1. The zero-order chi connectivity index (χ0) is 21.8. The van der Waals surface area contributed by atoms with Crippen molar-refractivity contribution < 1.29 is 8.42 Å². The summed E-state index contributed by atoms with van der Waals surface area (Å²) in [5.74, 6) is 0.142. The Hall–Kier alpha value is -3.19. The summed E-state index contributed by atoms with van der Waals surface area (Å²) in [6, 6.07) is 9.13. The lowest BCUT2D eigenvalue weighted by Gasteiger charge is -2.19. The normalized spacial score (nSPS) is 11.9. The van der Waals surface area contributed by atoms with Gasteiger partial charge in [0.2, 0.25) is 5.95 Å². The van der Waals surface area contributed by atoms with E-state index in [0.29, 0.717) is 21.7 Å². The van der Waals surface area contributed by atoms with E-state index in [2.05, 4.69) is 9.97 Å². The van der Waals surface area contributed by atoms with Gasteiger partial charge in [-0.1, -0.05) is 18.2 Å². The molecule has 2 heterocycles. The van der Waals surface area contributed by atoms with Gasteiger partial charge in [-0.15, -0.1) is 0 Å². The van der Waals surface area contributed by atoms with Gasteiger partial charge in [-0.05, 0) is 74.6 Å². The lowest BCUT2D eigenvalue weighted by Crippen LogP contribution is -2.17. The molecule has 0 radical (unpaired) electrons. The second-order valence-electron chi connectivity index (χ2n) is 7.61. The molecule has 0 aliphatic carbocycles. The molecule has 0 saturated heterocycles. The van der Waals surface area contributed by atoms with Gasteiger partial charge < -0.3 is 5.73 Å². The highest BCUT2D eigenvalue weighted by Crippen LogP contribution is 2.35. The van der Waals surface area contributed by atoms with Gasteiger partial charge in [-0.3, -0.25) is 0 Å². The Bertz CT molecular complexity index is 1390. The van der Waals surface area contributed by atoms with Crippen LogP contribution in [0.1, 0.15) is 27.8 Å². The summed E-state index contributed by atoms with van der Waals surface area (Å²) in [5.41, 5.74) is 12.3. The van der Waals surface area contributed by atoms with E-state index in [-0.39, 0.29) is 5.95 Å².